The fourth-order valence-electron chi connectivity index (χ4n) is 7.76. The number of aryl methyl sites for hydroxylation is 1. The van der Waals surface area contributed by atoms with Crippen molar-refractivity contribution in [1.82, 2.24) is 4.57 Å². The molecule has 2 nitrogen and oxygen atoms in total. The lowest BCUT2D eigenvalue weighted by atomic mass is 9.82. The van der Waals surface area contributed by atoms with E-state index in [-0.39, 0.29) is 5.41 Å². The largest absolute Gasteiger partial charge is 0.337 e. The minimum absolute atomic E-state index is 0.0653. The maximum absolute atomic E-state index is 4.15. The summed E-state index contributed by atoms with van der Waals surface area (Å²) in [6.45, 7) is 11.7. The number of fused-ring (bicyclic) bond motifs is 6. The smallest absolute Gasteiger partial charge is 0.0538 e. The Hall–Kier alpha value is -5.34. The normalized spacial score (nSPS) is 14.5. The lowest BCUT2D eigenvalue weighted by molar-refractivity contribution is 0.660. The van der Waals surface area contributed by atoms with Crippen LogP contribution in [0.3, 0.4) is 0 Å². The first-order valence-corrected chi connectivity index (χ1v) is 16.7. The van der Waals surface area contributed by atoms with Crippen LogP contribution in [0.15, 0.2) is 140 Å². The Morgan fingerprint density at radius 2 is 1.55 bits per heavy atom. The second kappa shape index (κ2) is 11.5. The first kappa shape index (κ1) is 29.1. The van der Waals surface area contributed by atoms with Gasteiger partial charge in [0.2, 0.25) is 0 Å². The van der Waals surface area contributed by atoms with E-state index in [2.05, 4.69) is 170 Å². The third-order valence-corrected chi connectivity index (χ3v) is 10.2. The molecule has 0 bridgehead atoms. The second-order valence-electron chi connectivity index (χ2n) is 13.5. The summed E-state index contributed by atoms with van der Waals surface area (Å²) in [6, 6.07) is 42.6. The summed E-state index contributed by atoms with van der Waals surface area (Å²) in [4.78, 5) is 2.46. The number of anilines is 2. The third-order valence-electron chi connectivity index (χ3n) is 10.2. The fourth-order valence-corrected chi connectivity index (χ4v) is 7.76. The summed E-state index contributed by atoms with van der Waals surface area (Å²) in [5.74, 6) is 0. The molecule has 0 saturated carbocycles. The fraction of sp³-hybridized carbons (Fsp3) is 0.156. The molecule has 8 rings (SSSR count). The van der Waals surface area contributed by atoms with Gasteiger partial charge < -0.3 is 9.47 Å². The SMILES string of the molecule is C=C/C=C(\CN(c1ccc(C)cc1)c1ccc2c(c1)C(C)(C)c1ccccc1-2)c1ccc2c(c1)c1c(n2-c2ccccc2)CCC=C1. The summed E-state index contributed by atoms with van der Waals surface area (Å²) in [7, 11) is 0. The van der Waals surface area contributed by atoms with Crippen molar-refractivity contribution in [3.8, 4) is 16.8 Å². The Balaban J connectivity index is 1.24. The molecule has 2 heteroatoms. The minimum Gasteiger partial charge on any atom is -0.337 e. The lowest BCUT2D eigenvalue weighted by Gasteiger charge is -2.29. The number of hydrogen-bond donors (Lipinski definition) is 0. The zero-order valence-electron chi connectivity index (χ0n) is 27.5. The Morgan fingerprint density at radius 3 is 2.36 bits per heavy atom. The predicted octanol–water partition coefficient (Wildman–Crippen LogP) is 11.6. The van der Waals surface area contributed by atoms with Crippen molar-refractivity contribution in [3.05, 3.63) is 174 Å². The second-order valence-corrected chi connectivity index (χ2v) is 13.5. The van der Waals surface area contributed by atoms with Gasteiger partial charge in [0.1, 0.15) is 0 Å². The van der Waals surface area contributed by atoms with Crippen LogP contribution in [0.25, 0.3) is 39.4 Å². The first-order valence-electron chi connectivity index (χ1n) is 16.7. The first-order chi connectivity index (χ1) is 22.9. The number of aromatic nitrogens is 1. The summed E-state index contributed by atoms with van der Waals surface area (Å²) >= 11 is 0. The summed E-state index contributed by atoms with van der Waals surface area (Å²) in [5.41, 5.74) is 16.7. The van der Waals surface area contributed by atoms with Crippen LogP contribution >= 0.6 is 0 Å². The molecular formula is C45H40N2. The van der Waals surface area contributed by atoms with E-state index in [1.807, 2.05) is 6.08 Å². The maximum atomic E-state index is 4.15. The van der Waals surface area contributed by atoms with Crippen molar-refractivity contribution < 1.29 is 0 Å². The Bertz CT molecular complexity index is 2210. The zero-order chi connectivity index (χ0) is 32.1. The molecule has 0 aliphatic heterocycles. The maximum Gasteiger partial charge on any atom is 0.0538 e. The van der Waals surface area contributed by atoms with E-state index in [9.17, 15) is 0 Å². The molecule has 2 aliphatic rings. The van der Waals surface area contributed by atoms with Crippen LogP contribution in [0, 0.1) is 6.92 Å². The van der Waals surface area contributed by atoms with Gasteiger partial charge in [-0.15, -0.1) is 0 Å². The standard InChI is InChI=1S/C45H40N2/c1-5-13-33(32-22-27-44-40(28-32)39-17-10-12-19-43(39)47(44)35-14-7-6-8-15-35)30-46(34-23-20-31(2)21-24-34)36-25-26-38-37-16-9-11-18-41(37)45(3,4)42(38)29-36/h5-11,13-18,20-29H,1,12,19,30H2,2-4H3/b33-13+. The molecule has 6 aromatic rings. The zero-order valence-corrected chi connectivity index (χ0v) is 27.5. The van der Waals surface area contributed by atoms with Crippen molar-refractivity contribution in [3.63, 3.8) is 0 Å². The quantitative estimate of drug-likeness (QED) is 0.164. The van der Waals surface area contributed by atoms with Gasteiger partial charge in [0, 0.05) is 45.7 Å². The van der Waals surface area contributed by atoms with Gasteiger partial charge in [0.25, 0.3) is 0 Å². The van der Waals surface area contributed by atoms with Gasteiger partial charge >= 0.3 is 0 Å². The Kier molecular flexibility index (Phi) is 7.10. The van der Waals surface area contributed by atoms with Gasteiger partial charge in [-0.05, 0) is 102 Å². The molecule has 2 aliphatic carbocycles. The molecular weight excluding hydrogens is 569 g/mol. The van der Waals surface area contributed by atoms with E-state index in [4.69, 9.17) is 0 Å². The number of allylic oxidation sites excluding steroid dienone is 3. The van der Waals surface area contributed by atoms with Crippen LogP contribution in [0.2, 0.25) is 0 Å². The number of nitrogens with zero attached hydrogens (tertiary/aromatic N) is 2. The molecule has 0 atom stereocenters. The molecule has 0 unspecified atom stereocenters. The molecule has 5 aromatic carbocycles. The summed E-state index contributed by atoms with van der Waals surface area (Å²) in [6.07, 6.45) is 10.9. The lowest BCUT2D eigenvalue weighted by Crippen LogP contribution is -2.21. The number of hydrogen-bond acceptors (Lipinski definition) is 1. The molecule has 0 saturated heterocycles. The van der Waals surface area contributed by atoms with Crippen LogP contribution in [-0.4, -0.2) is 11.1 Å². The van der Waals surface area contributed by atoms with Gasteiger partial charge in [-0.1, -0.05) is 117 Å². The van der Waals surface area contributed by atoms with E-state index in [0.29, 0.717) is 6.54 Å². The highest BCUT2D eigenvalue weighted by atomic mass is 15.1. The Labute approximate surface area is 278 Å². The molecule has 0 radical (unpaired) electrons. The van der Waals surface area contributed by atoms with Crippen LogP contribution in [-0.2, 0) is 11.8 Å². The Morgan fingerprint density at radius 1 is 0.809 bits per heavy atom. The third kappa shape index (κ3) is 4.87. The van der Waals surface area contributed by atoms with Crippen molar-refractivity contribution >= 4 is 33.9 Å². The van der Waals surface area contributed by atoms with E-state index < -0.39 is 0 Å². The summed E-state index contributed by atoms with van der Waals surface area (Å²) < 4.78 is 2.46. The van der Waals surface area contributed by atoms with Gasteiger partial charge in [0.15, 0.2) is 0 Å². The topological polar surface area (TPSA) is 8.17 Å². The van der Waals surface area contributed by atoms with Crippen LogP contribution < -0.4 is 4.90 Å². The average Bonchev–Trinajstić information content (AvgIpc) is 3.55. The minimum atomic E-state index is -0.0653. The average molecular weight is 609 g/mol. The highest BCUT2D eigenvalue weighted by Gasteiger charge is 2.35. The molecule has 230 valence electrons. The molecule has 0 N–H and O–H groups in total. The van der Waals surface area contributed by atoms with Gasteiger partial charge in [-0.3, -0.25) is 0 Å². The number of para-hydroxylation sites is 1. The molecule has 0 amide bonds. The van der Waals surface area contributed by atoms with Gasteiger partial charge in [0.05, 0.1) is 5.52 Å². The monoisotopic (exact) mass is 608 g/mol. The van der Waals surface area contributed by atoms with E-state index >= 15 is 0 Å². The van der Waals surface area contributed by atoms with E-state index in [1.165, 1.54) is 78.2 Å². The van der Waals surface area contributed by atoms with Gasteiger partial charge in [-0.25, -0.2) is 0 Å². The van der Waals surface area contributed by atoms with Crippen LogP contribution in [0.5, 0.6) is 0 Å². The number of benzene rings is 5. The molecule has 47 heavy (non-hydrogen) atoms. The molecule has 1 heterocycles. The highest BCUT2D eigenvalue weighted by Crippen LogP contribution is 2.50. The molecule has 0 fully saturated rings. The van der Waals surface area contributed by atoms with E-state index in [1.54, 1.807) is 0 Å². The van der Waals surface area contributed by atoms with Crippen LogP contribution in [0.1, 0.15) is 53.8 Å². The van der Waals surface area contributed by atoms with Crippen LogP contribution in [0.4, 0.5) is 11.4 Å². The van der Waals surface area contributed by atoms with Crippen molar-refractivity contribution in [2.24, 2.45) is 0 Å². The van der Waals surface area contributed by atoms with Crippen molar-refractivity contribution in [2.45, 2.75) is 39.0 Å². The van der Waals surface area contributed by atoms with E-state index in [0.717, 1.165) is 12.8 Å². The summed E-state index contributed by atoms with van der Waals surface area (Å²) in [5, 5.41) is 1.30. The van der Waals surface area contributed by atoms with Crippen molar-refractivity contribution in [2.75, 3.05) is 11.4 Å². The molecule has 1 aromatic heterocycles. The van der Waals surface area contributed by atoms with Crippen molar-refractivity contribution in [1.29, 1.82) is 0 Å². The number of rotatable bonds is 7. The predicted molar refractivity (Wildman–Crippen MR) is 201 cm³/mol. The highest BCUT2D eigenvalue weighted by molar-refractivity contribution is 5.96. The van der Waals surface area contributed by atoms with Gasteiger partial charge in [-0.2, -0.15) is 0 Å². The molecule has 0 spiro atoms.